The predicted molar refractivity (Wildman–Crippen MR) is 99.9 cm³/mol. The Balaban J connectivity index is 3.14. The van der Waals surface area contributed by atoms with Gasteiger partial charge in [0.15, 0.2) is 0 Å². The topological polar surface area (TPSA) is 75.3 Å². The Labute approximate surface area is 146 Å². The van der Waals surface area contributed by atoms with Gasteiger partial charge in [-0.2, -0.15) is 0 Å². The molecule has 0 aromatic heterocycles. The summed E-state index contributed by atoms with van der Waals surface area (Å²) in [6.07, 6.45) is 2.62. The quantitative estimate of drug-likeness (QED) is 0.784. The van der Waals surface area contributed by atoms with E-state index in [9.17, 15) is 9.90 Å². The number of nitrogens with two attached hydrogens (primary N) is 1. The molecular weight excluding hydrogens is 300 g/mol. The molecule has 1 aromatic rings. The molecule has 1 amide bonds. The summed E-state index contributed by atoms with van der Waals surface area (Å²) < 4.78 is 0. The molecule has 4 heteroatoms. The molecule has 1 aromatic carbocycles. The molecule has 4 nitrogen and oxygen atoms in total. The van der Waals surface area contributed by atoms with Crippen molar-refractivity contribution in [2.24, 2.45) is 5.73 Å². The van der Waals surface area contributed by atoms with E-state index in [2.05, 4.69) is 46.9 Å². The molecule has 4 N–H and O–H groups in total. The minimum absolute atomic E-state index is 0.103. The van der Waals surface area contributed by atoms with Crippen molar-refractivity contribution >= 4 is 5.91 Å². The van der Waals surface area contributed by atoms with Crippen LogP contribution in [-0.2, 0) is 22.0 Å². The number of carbonyl (C=O) groups excluding carboxylic acids is 1. The SMILES string of the molecule is CC=C(N)NC(=O)CCc1cc(C(C)(C)C)c(O)c(C(C)(C)C)c1. The highest BCUT2D eigenvalue weighted by Gasteiger charge is 2.26. The van der Waals surface area contributed by atoms with Crippen LogP contribution >= 0.6 is 0 Å². The molecule has 134 valence electrons. The minimum Gasteiger partial charge on any atom is -0.507 e. The van der Waals surface area contributed by atoms with E-state index in [0.717, 1.165) is 16.7 Å². The lowest BCUT2D eigenvalue weighted by Gasteiger charge is -2.28. The van der Waals surface area contributed by atoms with Gasteiger partial charge in [0.2, 0.25) is 5.91 Å². The molecule has 0 atom stereocenters. The van der Waals surface area contributed by atoms with Crippen LogP contribution in [0.1, 0.15) is 71.6 Å². The summed E-state index contributed by atoms with van der Waals surface area (Å²) in [7, 11) is 0. The number of aryl methyl sites for hydroxylation is 1. The van der Waals surface area contributed by atoms with Crippen LogP contribution < -0.4 is 11.1 Å². The third-order valence-corrected chi connectivity index (χ3v) is 4.02. The number of aromatic hydroxyl groups is 1. The number of nitrogens with one attached hydrogen (secondary N) is 1. The monoisotopic (exact) mass is 332 g/mol. The molecule has 1 rings (SSSR count). The standard InChI is InChI=1S/C20H32N2O2/c1-8-16(21)22-17(23)10-9-13-11-14(19(2,3)4)18(24)15(12-13)20(5,6)7/h8,11-12,24H,9-10,21H2,1-7H3,(H,22,23). The zero-order valence-corrected chi connectivity index (χ0v) is 16.1. The second-order valence-corrected chi connectivity index (χ2v) is 8.33. The molecule has 0 saturated carbocycles. The Morgan fingerprint density at radius 2 is 1.58 bits per heavy atom. The van der Waals surface area contributed by atoms with E-state index >= 15 is 0 Å². The lowest BCUT2D eigenvalue weighted by Crippen LogP contribution is -2.27. The number of hydrogen-bond donors (Lipinski definition) is 3. The molecule has 0 radical (unpaired) electrons. The smallest absolute Gasteiger partial charge is 0.225 e. The normalized spacial score (nSPS) is 13.0. The maximum Gasteiger partial charge on any atom is 0.225 e. The van der Waals surface area contributed by atoms with Gasteiger partial charge in [0.25, 0.3) is 0 Å². The number of carbonyl (C=O) groups is 1. The van der Waals surface area contributed by atoms with Crippen LogP contribution in [-0.4, -0.2) is 11.0 Å². The van der Waals surface area contributed by atoms with Crippen molar-refractivity contribution in [2.75, 3.05) is 0 Å². The number of amides is 1. The Morgan fingerprint density at radius 1 is 1.12 bits per heavy atom. The van der Waals surface area contributed by atoms with Crippen molar-refractivity contribution in [1.29, 1.82) is 0 Å². The van der Waals surface area contributed by atoms with Crippen molar-refractivity contribution in [3.05, 3.63) is 40.7 Å². The van der Waals surface area contributed by atoms with Crippen molar-refractivity contribution in [2.45, 2.75) is 72.1 Å². The van der Waals surface area contributed by atoms with Crippen molar-refractivity contribution < 1.29 is 9.90 Å². The molecule has 0 aliphatic heterocycles. The summed E-state index contributed by atoms with van der Waals surface area (Å²) in [4.78, 5) is 11.9. The lowest BCUT2D eigenvalue weighted by molar-refractivity contribution is -0.120. The maximum absolute atomic E-state index is 11.9. The molecule has 0 aliphatic rings. The fourth-order valence-electron chi connectivity index (χ4n) is 2.54. The Morgan fingerprint density at radius 3 is 1.96 bits per heavy atom. The van der Waals surface area contributed by atoms with E-state index in [-0.39, 0.29) is 16.7 Å². The Bertz CT molecular complexity index is 597. The first-order valence-corrected chi connectivity index (χ1v) is 8.44. The van der Waals surface area contributed by atoms with Gasteiger partial charge in [0.05, 0.1) is 5.82 Å². The zero-order valence-electron chi connectivity index (χ0n) is 16.1. The fraction of sp³-hybridized carbons (Fsp3) is 0.550. The van der Waals surface area contributed by atoms with Gasteiger partial charge < -0.3 is 16.2 Å². The van der Waals surface area contributed by atoms with E-state index in [1.807, 2.05) is 12.1 Å². The average Bonchev–Trinajstić information content (AvgIpc) is 2.43. The van der Waals surface area contributed by atoms with Gasteiger partial charge in [-0.25, -0.2) is 0 Å². The summed E-state index contributed by atoms with van der Waals surface area (Å²) in [5.74, 6) is 0.631. The molecule has 0 bridgehead atoms. The van der Waals surface area contributed by atoms with E-state index in [1.165, 1.54) is 0 Å². The molecule has 0 aliphatic carbocycles. The first kappa shape index (κ1) is 20.1. The zero-order chi connectivity index (χ0) is 18.7. The van der Waals surface area contributed by atoms with E-state index in [1.54, 1.807) is 13.0 Å². The summed E-state index contributed by atoms with van der Waals surface area (Å²) in [5, 5.41) is 13.4. The maximum atomic E-state index is 11.9. The first-order valence-electron chi connectivity index (χ1n) is 8.44. The molecule has 24 heavy (non-hydrogen) atoms. The number of allylic oxidation sites excluding steroid dienone is 1. The van der Waals surface area contributed by atoms with Crippen molar-refractivity contribution in [3.63, 3.8) is 0 Å². The van der Waals surface area contributed by atoms with Crippen LogP contribution in [0.4, 0.5) is 0 Å². The average molecular weight is 332 g/mol. The second kappa shape index (κ2) is 7.29. The van der Waals surface area contributed by atoms with E-state index in [4.69, 9.17) is 5.73 Å². The van der Waals surface area contributed by atoms with Gasteiger partial charge in [0, 0.05) is 6.42 Å². The van der Waals surface area contributed by atoms with Crippen LogP contribution in [0.15, 0.2) is 24.0 Å². The van der Waals surface area contributed by atoms with Crippen LogP contribution in [0.2, 0.25) is 0 Å². The third-order valence-electron chi connectivity index (χ3n) is 4.02. The molecule has 0 unspecified atom stereocenters. The molecular formula is C20H32N2O2. The van der Waals surface area contributed by atoms with Crippen molar-refractivity contribution in [3.8, 4) is 5.75 Å². The first-order chi connectivity index (χ1) is 10.9. The number of phenols is 1. The van der Waals surface area contributed by atoms with Crippen LogP contribution in [0.25, 0.3) is 0 Å². The summed E-state index contributed by atoms with van der Waals surface area (Å²) >= 11 is 0. The van der Waals surface area contributed by atoms with Gasteiger partial charge in [-0.1, -0.05) is 53.7 Å². The minimum atomic E-state index is -0.169. The second-order valence-electron chi connectivity index (χ2n) is 8.33. The molecule has 0 saturated heterocycles. The van der Waals surface area contributed by atoms with Crippen LogP contribution in [0.3, 0.4) is 0 Å². The number of phenolic OH excluding ortho intramolecular Hbond substituents is 1. The van der Waals surface area contributed by atoms with Gasteiger partial charge in [-0.3, -0.25) is 4.79 Å². The van der Waals surface area contributed by atoms with Crippen LogP contribution in [0, 0.1) is 0 Å². The van der Waals surface area contributed by atoms with E-state index < -0.39 is 0 Å². The highest BCUT2D eigenvalue weighted by molar-refractivity contribution is 5.77. The summed E-state index contributed by atoms with van der Waals surface area (Å²) in [6.45, 7) is 14.3. The molecule has 0 heterocycles. The Kier molecular flexibility index (Phi) is 6.09. The summed E-state index contributed by atoms with van der Waals surface area (Å²) in [5.41, 5.74) is 8.17. The molecule has 0 fully saturated rings. The van der Waals surface area contributed by atoms with Gasteiger partial charge in [-0.15, -0.1) is 0 Å². The highest BCUT2D eigenvalue weighted by Crippen LogP contribution is 2.39. The van der Waals surface area contributed by atoms with Gasteiger partial charge in [-0.05, 0) is 46.9 Å². The number of benzene rings is 1. The van der Waals surface area contributed by atoms with Crippen LogP contribution in [0.5, 0.6) is 5.75 Å². The van der Waals surface area contributed by atoms with E-state index in [0.29, 0.717) is 24.4 Å². The van der Waals surface area contributed by atoms with Gasteiger partial charge in [0.1, 0.15) is 5.75 Å². The fourth-order valence-corrected chi connectivity index (χ4v) is 2.54. The third kappa shape index (κ3) is 5.29. The largest absolute Gasteiger partial charge is 0.507 e. The highest BCUT2D eigenvalue weighted by atomic mass is 16.3. The predicted octanol–water partition coefficient (Wildman–Crippen LogP) is 3.86. The summed E-state index contributed by atoms with van der Waals surface area (Å²) in [6, 6.07) is 4.02. The molecule has 0 spiro atoms. The lowest BCUT2D eigenvalue weighted by atomic mass is 9.78. The Hall–Kier alpha value is -1.97. The van der Waals surface area contributed by atoms with Crippen molar-refractivity contribution in [1.82, 2.24) is 5.32 Å². The van der Waals surface area contributed by atoms with Gasteiger partial charge >= 0.3 is 0 Å². The number of hydrogen-bond acceptors (Lipinski definition) is 3. The number of rotatable bonds is 4.